The number of carbonyl (C=O) groups excluding carboxylic acids is 4. The molecule has 1 atom stereocenters. The van der Waals surface area contributed by atoms with Crippen molar-refractivity contribution in [2.45, 2.75) is 125 Å². The van der Waals surface area contributed by atoms with Crippen molar-refractivity contribution in [3.8, 4) is 0 Å². The average molecular weight is 602 g/mol. The van der Waals surface area contributed by atoms with E-state index >= 15 is 0 Å². The molecule has 246 valence electrons. The minimum atomic E-state index is -0.590. The number of nitrogens with zero attached hydrogens (tertiary/aromatic N) is 1. The largest absolute Gasteiger partial charge is 0.444 e. The summed E-state index contributed by atoms with van der Waals surface area (Å²) in [6.07, 6.45) is 0.553. The fourth-order valence-electron chi connectivity index (χ4n) is 3.79. The Labute approximate surface area is 253 Å². The molecule has 4 amide bonds. The van der Waals surface area contributed by atoms with Gasteiger partial charge in [0, 0.05) is 45.2 Å². The van der Waals surface area contributed by atoms with Crippen LogP contribution in [0.2, 0.25) is 0 Å². The lowest BCUT2D eigenvalue weighted by Crippen LogP contribution is -2.50. The van der Waals surface area contributed by atoms with Crippen LogP contribution in [0.25, 0.3) is 0 Å². The van der Waals surface area contributed by atoms with E-state index in [-0.39, 0.29) is 24.3 Å². The summed E-state index contributed by atoms with van der Waals surface area (Å²) < 4.78 is 15.8. The van der Waals surface area contributed by atoms with Crippen molar-refractivity contribution in [3.63, 3.8) is 0 Å². The average Bonchev–Trinajstić information content (AvgIpc) is 2.78. The Bertz CT molecular complexity index is 829. The van der Waals surface area contributed by atoms with Crippen LogP contribution in [0.1, 0.15) is 102 Å². The zero-order valence-corrected chi connectivity index (χ0v) is 28.0. The monoisotopic (exact) mass is 601 g/mol. The third-order valence-electron chi connectivity index (χ3n) is 5.52. The molecule has 0 aromatic rings. The van der Waals surface area contributed by atoms with Gasteiger partial charge in [-0.25, -0.2) is 14.4 Å². The van der Waals surface area contributed by atoms with E-state index in [9.17, 15) is 19.2 Å². The summed E-state index contributed by atoms with van der Waals surface area (Å²) >= 11 is 0. The fourth-order valence-corrected chi connectivity index (χ4v) is 3.79. The van der Waals surface area contributed by atoms with E-state index in [1.165, 1.54) is 0 Å². The van der Waals surface area contributed by atoms with E-state index in [1.54, 1.807) is 41.5 Å². The number of ether oxygens (including phenoxy) is 3. The molecule has 4 N–H and O–H groups in total. The van der Waals surface area contributed by atoms with Crippen molar-refractivity contribution in [1.29, 1.82) is 0 Å². The van der Waals surface area contributed by atoms with Crippen molar-refractivity contribution in [2.75, 3.05) is 39.3 Å². The van der Waals surface area contributed by atoms with Gasteiger partial charge >= 0.3 is 18.3 Å². The van der Waals surface area contributed by atoms with E-state index in [0.717, 1.165) is 0 Å². The highest BCUT2D eigenvalue weighted by atomic mass is 16.6. The molecule has 0 aliphatic heterocycles. The maximum absolute atomic E-state index is 13.4. The van der Waals surface area contributed by atoms with Crippen LogP contribution in [0.4, 0.5) is 14.4 Å². The molecule has 12 nitrogen and oxygen atoms in total. The summed E-state index contributed by atoms with van der Waals surface area (Å²) in [6.45, 7) is 23.2. The van der Waals surface area contributed by atoms with E-state index in [0.29, 0.717) is 58.5 Å². The van der Waals surface area contributed by atoms with Crippen LogP contribution in [-0.4, -0.2) is 91.2 Å². The SMILES string of the molecule is CC(C)C(CNCCCNC(=O)OC(C)(C)C)N(CCCNC(=O)OC(C)(C)C)C(=O)CCCNC(=O)OC(C)(C)C. The van der Waals surface area contributed by atoms with Crippen LogP contribution in [-0.2, 0) is 19.0 Å². The Kier molecular flexibility index (Phi) is 17.5. The van der Waals surface area contributed by atoms with Crippen molar-refractivity contribution in [2.24, 2.45) is 5.92 Å². The van der Waals surface area contributed by atoms with Crippen LogP contribution >= 0.6 is 0 Å². The Morgan fingerprint density at radius 1 is 0.619 bits per heavy atom. The molecule has 0 aromatic heterocycles. The molecule has 0 spiro atoms. The van der Waals surface area contributed by atoms with Crippen molar-refractivity contribution >= 4 is 24.2 Å². The molecule has 0 heterocycles. The lowest BCUT2D eigenvalue weighted by Gasteiger charge is -2.35. The van der Waals surface area contributed by atoms with Gasteiger partial charge in [0.05, 0.1) is 0 Å². The molecule has 0 rings (SSSR count). The Balaban J connectivity index is 5.02. The molecule has 0 aliphatic rings. The first-order valence-corrected chi connectivity index (χ1v) is 15.1. The second-order valence-corrected chi connectivity index (χ2v) is 13.7. The van der Waals surface area contributed by atoms with Gasteiger partial charge in [0.2, 0.25) is 5.91 Å². The molecule has 1 unspecified atom stereocenters. The highest BCUT2D eigenvalue weighted by molar-refractivity contribution is 5.76. The third-order valence-corrected chi connectivity index (χ3v) is 5.52. The molecule has 0 aliphatic carbocycles. The Morgan fingerprint density at radius 3 is 1.43 bits per heavy atom. The quantitative estimate of drug-likeness (QED) is 0.149. The minimum Gasteiger partial charge on any atom is -0.444 e. The summed E-state index contributed by atoms with van der Waals surface area (Å²) in [5.41, 5.74) is -1.72. The maximum Gasteiger partial charge on any atom is 0.407 e. The topological polar surface area (TPSA) is 147 Å². The number of amides is 4. The number of carbonyl (C=O) groups is 4. The number of hydrogen-bond donors (Lipinski definition) is 4. The molecular formula is C30H59N5O7. The molecule has 0 aromatic carbocycles. The summed E-state index contributed by atoms with van der Waals surface area (Å²) in [7, 11) is 0. The van der Waals surface area contributed by atoms with Crippen LogP contribution in [0, 0.1) is 5.92 Å². The molecule has 0 fully saturated rings. The lowest BCUT2D eigenvalue weighted by atomic mass is 10.0. The van der Waals surface area contributed by atoms with Crippen molar-refractivity contribution in [1.82, 2.24) is 26.2 Å². The predicted molar refractivity (Wildman–Crippen MR) is 164 cm³/mol. The van der Waals surface area contributed by atoms with Gasteiger partial charge in [-0.2, -0.15) is 0 Å². The molecule has 0 saturated carbocycles. The molecule has 0 radical (unpaired) electrons. The number of alkyl carbamates (subject to hydrolysis) is 3. The molecule has 0 bridgehead atoms. The van der Waals surface area contributed by atoms with E-state index < -0.39 is 35.1 Å². The van der Waals surface area contributed by atoms with E-state index in [4.69, 9.17) is 14.2 Å². The second-order valence-electron chi connectivity index (χ2n) is 13.7. The standard InChI is InChI=1S/C30H59N5O7/c1-22(2)23(21-31-16-13-18-33-26(38)41-29(6,7)8)35(20-14-19-34-27(39)42-30(9,10)11)24(36)15-12-17-32-25(37)40-28(3,4)5/h22-23,31H,12-21H2,1-11H3,(H,32,37)(H,33,38)(H,34,39). The first kappa shape index (κ1) is 39.2. The van der Waals surface area contributed by atoms with Gasteiger partial charge in [0.15, 0.2) is 0 Å². The highest BCUT2D eigenvalue weighted by Crippen LogP contribution is 2.14. The number of nitrogens with one attached hydrogen (secondary N) is 4. The fraction of sp³-hybridized carbons (Fsp3) is 0.867. The predicted octanol–water partition coefficient (Wildman–Crippen LogP) is 4.56. The van der Waals surface area contributed by atoms with Gasteiger partial charge < -0.3 is 40.4 Å². The first-order valence-electron chi connectivity index (χ1n) is 15.1. The van der Waals surface area contributed by atoms with Crippen molar-refractivity contribution < 1.29 is 33.4 Å². The zero-order chi connectivity index (χ0) is 32.6. The second kappa shape index (κ2) is 18.7. The van der Waals surface area contributed by atoms with Gasteiger partial charge in [0.25, 0.3) is 0 Å². The van der Waals surface area contributed by atoms with Gasteiger partial charge in [0.1, 0.15) is 16.8 Å². The normalized spacial score (nSPS) is 12.8. The van der Waals surface area contributed by atoms with Crippen LogP contribution in [0.3, 0.4) is 0 Å². The Morgan fingerprint density at radius 2 is 1.02 bits per heavy atom. The minimum absolute atomic E-state index is 0.0228. The molecule has 42 heavy (non-hydrogen) atoms. The summed E-state index contributed by atoms with van der Waals surface area (Å²) in [5, 5.41) is 11.6. The van der Waals surface area contributed by atoms with Crippen LogP contribution < -0.4 is 21.3 Å². The first-order chi connectivity index (χ1) is 19.2. The van der Waals surface area contributed by atoms with Gasteiger partial charge in [-0.3, -0.25) is 4.79 Å². The van der Waals surface area contributed by atoms with Crippen LogP contribution in [0.5, 0.6) is 0 Å². The van der Waals surface area contributed by atoms with Gasteiger partial charge in [-0.1, -0.05) is 13.8 Å². The summed E-state index contributed by atoms with van der Waals surface area (Å²) in [6, 6.07) is -0.0864. The summed E-state index contributed by atoms with van der Waals surface area (Å²) in [5.74, 6) is 0.144. The zero-order valence-electron chi connectivity index (χ0n) is 28.0. The molecular weight excluding hydrogens is 542 g/mol. The van der Waals surface area contributed by atoms with Gasteiger partial charge in [-0.15, -0.1) is 0 Å². The third kappa shape index (κ3) is 21.9. The molecule has 12 heteroatoms. The van der Waals surface area contributed by atoms with Crippen molar-refractivity contribution in [3.05, 3.63) is 0 Å². The highest BCUT2D eigenvalue weighted by Gasteiger charge is 2.26. The van der Waals surface area contributed by atoms with E-state index in [1.807, 2.05) is 25.7 Å². The maximum atomic E-state index is 13.4. The number of hydrogen-bond acceptors (Lipinski definition) is 8. The Hall–Kier alpha value is -2.76. The number of rotatable bonds is 16. The smallest absolute Gasteiger partial charge is 0.407 e. The van der Waals surface area contributed by atoms with Gasteiger partial charge in [-0.05, 0) is 94.0 Å². The molecule has 0 saturated heterocycles. The lowest BCUT2D eigenvalue weighted by molar-refractivity contribution is -0.134. The summed E-state index contributed by atoms with van der Waals surface area (Å²) in [4.78, 5) is 51.0. The van der Waals surface area contributed by atoms with Crippen LogP contribution in [0.15, 0.2) is 0 Å². The van der Waals surface area contributed by atoms with E-state index in [2.05, 4.69) is 35.1 Å².